The molecule has 2 aliphatic rings. The largest absolute Gasteiger partial charge is 0.479 e. The number of rotatable bonds is 3. The molecule has 1 unspecified atom stereocenters. The molecule has 1 atom stereocenters. The maximum absolute atomic E-state index is 14.4. The number of hydrogen-bond donors (Lipinski definition) is 1. The lowest BCUT2D eigenvalue weighted by Crippen LogP contribution is -2.44. The molecule has 0 saturated carbocycles. The fourth-order valence-corrected chi connectivity index (χ4v) is 4.62. The summed E-state index contributed by atoms with van der Waals surface area (Å²) in [6, 6.07) is 12.6. The van der Waals surface area contributed by atoms with E-state index in [9.17, 15) is 19.1 Å². The summed E-state index contributed by atoms with van der Waals surface area (Å²) in [7, 11) is 0. The molecule has 1 aliphatic heterocycles. The number of fused-ring (bicyclic) bond motifs is 2. The van der Waals surface area contributed by atoms with Crippen LogP contribution >= 0.6 is 0 Å². The number of benzene rings is 2. The molecule has 0 radical (unpaired) electrons. The third-order valence-electron chi connectivity index (χ3n) is 5.99. The van der Waals surface area contributed by atoms with Gasteiger partial charge in [-0.3, -0.25) is 4.79 Å². The molecular weight excluding hydrogens is 385 g/mol. The van der Waals surface area contributed by atoms with Gasteiger partial charge in [0.1, 0.15) is 11.5 Å². The topological polar surface area (TPSA) is 75.4 Å². The Balaban J connectivity index is 1.59. The van der Waals surface area contributed by atoms with Gasteiger partial charge in [-0.2, -0.15) is 5.10 Å². The molecule has 2 heterocycles. The average Bonchev–Trinajstić information content (AvgIpc) is 3.36. The molecule has 0 saturated heterocycles. The number of hydrogen-bond acceptors (Lipinski definition) is 3. The van der Waals surface area contributed by atoms with Crippen LogP contribution in [-0.4, -0.2) is 38.2 Å². The number of halogens is 1. The molecule has 1 N–H and O–H groups in total. The van der Waals surface area contributed by atoms with Gasteiger partial charge in [-0.25, -0.2) is 13.9 Å². The number of nitrogens with zero attached hydrogens (tertiary/aromatic N) is 3. The number of para-hydroxylation sites is 1. The van der Waals surface area contributed by atoms with Crippen molar-refractivity contribution in [1.82, 2.24) is 14.7 Å². The third-order valence-corrected chi connectivity index (χ3v) is 5.99. The highest BCUT2D eigenvalue weighted by Crippen LogP contribution is 2.34. The van der Waals surface area contributed by atoms with Gasteiger partial charge in [0, 0.05) is 17.8 Å². The van der Waals surface area contributed by atoms with Crippen LogP contribution < -0.4 is 0 Å². The van der Waals surface area contributed by atoms with E-state index >= 15 is 0 Å². The summed E-state index contributed by atoms with van der Waals surface area (Å²) in [5, 5.41) is 14.4. The molecule has 1 aliphatic carbocycles. The second kappa shape index (κ2) is 7.09. The Kier molecular flexibility index (Phi) is 4.38. The van der Waals surface area contributed by atoms with Crippen molar-refractivity contribution in [3.8, 4) is 5.69 Å². The lowest BCUT2D eigenvalue weighted by molar-refractivity contribution is -0.143. The minimum absolute atomic E-state index is 0.233. The van der Waals surface area contributed by atoms with E-state index in [2.05, 4.69) is 5.10 Å². The number of aliphatic carboxylic acids is 1. The smallest absolute Gasteiger partial charge is 0.331 e. The first-order chi connectivity index (χ1) is 14.6. The van der Waals surface area contributed by atoms with Crippen LogP contribution in [0.25, 0.3) is 5.69 Å². The summed E-state index contributed by atoms with van der Waals surface area (Å²) in [6.07, 6.45) is 2.82. The molecule has 0 fully saturated rings. The molecule has 1 amide bonds. The Bertz CT molecular complexity index is 1170. The van der Waals surface area contributed by atoms with E-state index < -0.39 is 23.7 Å². The van der Waals surface area contributed by atoms with Crippen molar-refractivity contribution in [2.45, 2.75) is 31.7 Å². The molecule has 152 valence electrons. The first kappa shape index (κ1) is 18.5. The van der Waals surface area contributed by atoms with E-state index in [-0.39, 0.29) is 5.69 Å². The van der Waals surface area contributed by atoms with Gasteiger partial charge in [0.05, 0.1) is 0 Å². The zero-order valence-corrected chi connectivity index (χ0v) is 16.2. The minimum atomic E-state index is -1.07. The predicted octanol–water partition coefficient (Wildman–Crippen LogP) is 3.32. The van der Waals surface area contributed by atoms with E-state index in [1.807, 2.05) is 12.1 Å². The Morgan fingerprint density at radius 1 is 1.03 bits per heavy atom. The fourth-order valence-electron chi connectivity index (χ4n) is 4.62. The van der Waals surface area contributed by atoms with E-state index in [0.29, 0.717) is 37.1 Å². The van der Waals surface area contributed by atoms with Crippen LogP contribution in [0.15, 0.2) is 48.5 Å². The normalized spacial score (nSPS) is 17.5. The van der Waals surface area contributed by atoms with E-state index in [1.54, 1.807) is 30.3 Å². The number of aromatic nitrogens is 2. The summed E-state index contributed by atoms with van der Waals surface area (Å²) >= 11 is 0. The first-order valence-corrected chi connectivity index (χ1v) is 10.0. The molecular formula is C23H20FN3O3. The monoisotopic (exact) mass is 405 g/mol. The number of carbonyl (C=O) groups is 2. The van der Waals surface area contributed by atoms with Crippen molar-refractivity contribution < 1.29 is 19.1 Å². The number of carboxylic acid groups (broad SMARTS) is 1. The summed E-state index contributed by atoms with van der Waals surface area (Å²) in [6.45, 7) is 0.300. The Hall–Kier alpha value is -3.48. The quantitative estimate of drug-likeness (QED) is 0.725. The molecule has 7 heteroatoms. The average molecular weight is 405 g/mol. The third kappa shape index (κ3) is 2.81. The van der Waals surface area contributed by atoms with Gasteiger partial charge < -0.3 is 10.0 Å². The predicted molar refractivity (Wildman–Crippen MR) is 107 cm³/mol. The van der Waals surface area contributed by atoms with Crippen molar-refractivity contribution in [3.63, 3.8) is 0 Å². The van der Waals surface area contributed by atoms with Crippen LogP contribution in [0.4, 0.5) is 4.39 Å². The van der Waals surface area contributed by atoms with Crippen molar-refractivity contribution >= 4 is 11.9 Å². The highest BCUT2D eigenvalue weighted by molar-refractivity contribution is 5.97. The van der Waals surface area contributed by atoms with Crippen LogP contribution in [0.1, 0.15) is 45.3 Å². The molecule has 1 aromatic heterocycles. The van der Waals surface area contributed by atoms with Gasteiger partial charge in [-0.15, -0.1) is 0 Å². The SMILES string of the molecule is O=C(O)C1c2ccccc2CCN1C(=O)c1nn(-c2ccccc2F)c2c1CCC2. The summed E-state index contributed by atoms with van der Waals surface area (Å²) < 4.78 is 15.9. The van der Waals surface area contributed by atoms with Gasteiger partial charge in [0.25, 0.3) is 5.91 Å². The van der Waals surface area contributed by atoms with E-state index in [0.717, 1.165) is 23.2 Å². The molecule has 3 aromatic rings. The van der Waals surface area contributed by atoms with Crippen LogP contribution in [0.3, 0.4) is 0 Å². The number of carbonyl (C=O) groups excluding carboxylic acids is 1. The molecule has 2 aromatic carbocycles. The second-order valence-electron chi connectivity index (χ2n) is 7.68. The summed E-state index contributed by atoms with van der Waals surface area (Å²) in [4.78, 5) is 27.0. The molecule has 30 heavy (non-hydrogen) atoms. The second-order valence-corrected chi connectivity index (χ2v) is 7.68. The zero-order valence-electron chi connectivity index (χ0n) is 16.2. The Morgan fingerprint density at radius 3 is 2.60 bits per heavy atom. The van der Waals surface area contributed by atoms with E-state index in [1.165, 1.54) is 15.6 Å². The maximum Gasteiger partial charge on any atom is 0.331 e. The van der Waals surface area contributed by atoms with Crippen LogP contribution in [0, 0.1) is 5.82 Å². The van der Waals surface area contributed by atoms with Gasteiger partial charge in [0.15, 0.2) is 11.7 Å². The van der Waals surface area contributed by atoms with Crippen LogP contribution in [-0.2, 0) is 24.1 Å². The minimum Gasteiger partial charge on any atom is -0.479 e. The Morgan fingerprint density at radius 2 is 1.80 bits per heavy atom. The van der Waals surface area contributed by atoms with E-state index in [4.69, 9.17) is 0 Å². The fraction of sp³-hybridized carbons (Fsp3) is 0.261. The van der Waals surface area contributed by atoms with Gasteiger partial charge >= 0.3 is 5.97 Å². The zero-order chi connectivity index (χ0) is 20.8. The van der Waals surface area contributed by atoms with Gasteiger partial charge in [-0.05, 0) is 48.9 Å². The summed E-state index contributed by atoms with van der Waals surface area (Å²) in [5.41, 5.74) is 3.73. The standard InChI is InChI=1S/C23H20FN3O3/c24-17-9-3-4-10-19(17)27-18-11-5-8-16(18)20(25-27)22(28)26-13-12-14-6-1-2-7-15(14)21(26)23(29)30/h1-4,6-7,9-10,21H,5,8,11-13H2,(H,29,30). The highest BCUT2D eigenvalue weighted by Gasteiger charge is 2.39. The highest BCUT2D eigenvalue weighted by atomic mass is 19.1. The number of amides is 1. The van der Waals surface area contributed by atoms with Crippen molar-refractivity contribution in [2.75, 3.05) is 6.54 Å². The molecule has 0 bridgehead atoms. The first-order valence-electron chi connectivity index (χ1n) is 10.0. The Labute approximate surface area is 172 Å². The van der Waals surface area contributed by atoms with Crippen LogP contribution in [0.5, 0.6) is 0 Å². The van der Waals surface area contributed by atoms with Crippen molar-refractivity contribution in [3.05, 3.63) is 82.4 Å². The molecule has 0 spiro atoms. The van der Waals surface area contributed by atoms with Gasteiger partial charge in [-0.1, -0.05) is 36.4 Å². The maximum atomic E-state index is 14.4. The van der Waals surface area contributed by atoms with Gasteiger partial charge in [0.2, 0.25) is 0 Å². The lowest BCUT2D eigenvalue weighted by atomic mass is 9.92. The summed E-state index contributed by atoms with van der Waals surface area (Å²) in [5.74, 6) is -1.89. The van der Waals surface area contributed by atoms with Crippen molar-refractivity contribution in [2.24, 2.45) is 0 Å². The number of carboxylic acids is 1. The molecule has 5 rings (SSSR count). The lowest BCUT2D eigenvalue weighted by Gasteiger charge is -2.34. The van der Waals surface area contributed by atoms with Crippen molar-refractivity contribution in [1.29, 1.82) is 0 Å². The van der Waals surface area contributed by atoms with Crippen LogP contribution in [0.2, 0.25) is 0 Å². The molecule has 6 nitrogen and oxygen atoms in total.